The van der Waals surface area contributed by atoms with Crippen molar-refractivity contribution in [2.24, 2.45) is 0 Å². The molecule has 2 amide bonds. The van der Waals surface area contributed by atoms with Crippen LogP contribution < -0.4 is 15.5 Å². The van der Waals surface area contributed by atoms with Crippen molar-refractivity contribution in [2.75, 3.05) is 30.3 Å². The van der Waals surface area contributed by atoms with E-state index in [4.69, 9.17) is 0 Å². The van der Waals surface area contributed by atoms with E-state index < -0.39 is 0 Å². The quantitative estimate of drug-likeness (QED) is 0.600. The Morgan fingerprint density at radius 3 is 2.19 bits per heavy atom. The number of rotatable bonds is 8. The van der Waals surface area contributed by atoms with E-state index in [0.717, 1.165) is 44.8 Å². The molecule has 0 aliphatic rings. The van der Waals surface area contributed by atoms with Crippen molar-refractivity contribution >= 4 is 39.1 Å². The summed E-state index contributed by atoms with van der Waals surface area (Å²) in [4.78, 5) is 25.8. The highest BCUT2D eigenvalue weighted by Gasteiger charge is 2.18. The molecule has 2 aromatic rings. The summed E-state index contributed by atoms with van der Waals surface area (Å²) in [6.07, 6.45) is 0.897. The van der Waals surface area contributed by atoms with E-state index in [9.17, 15) is 9.59 Å². The Morgan fingerprint density at radius 2 is 1.59 bits per heavy atom. The molecule has 1 unspecified atom stereocenters. The van der Waals surface area contributed by atoms with E-state index in [1.165, 1.54) is 0 Å². The van der Waals surface area contributed by atoms with Gasteiger partial charge >= 0.3 is 0 Å². The fourth-order valence-corrected chi connectivity index (χ4v) is 3.46. The van der Waals surface area contributed by atoms with Crippen LogP contribution in [0.3, 0.4) is 0 Å². The first kappa shape index (κ1) is 21.1. The molecular formula is C21H27BrN3O2+. The smallest absolute Gasteiger partial charge is 0.279 e. The van der Waals surface area contributed by atoms with Crippen LogP contribution in [0.4, 0.5) is 11.4 Å². The fraction of sp³-hybridized carbons (Fsp3) is 0.333. The van der Waals surface area contributed by atoms with Crippen molar-refractivity contribution in [3.05, 3.63) is 58.1 Å². The third-order valence-corrected chi connectivity index (χ3v) is 4.90. The molecule has 6 heteroatoms. The molecule has 144 valence electrons. The van der Waals surface area contributed by atoms with Gasteiger partial charge in [-0.25, -0.2) is 0 Å². The van der Waals surface area contributed by atoms with Crippen LogP contribution in [0.5, 0.6) is 0 Å². The van der Waals surface area contributed by atoms with Gasteiger partial charge in [0.2, 0.25) is 0 Å². The van der Waals surface area contributed by atoms with Crippen LogP contribution in [0.25, 0.3) is 0 Å². The molecule has 0 aliphatic carbocycles. The summed E-state index contributed by atoms with van der Waals surface area (Å²) in [5.41, 5.74) is 3.69. The molecule has 2 rings (SSSR count). The van der Waals surface area contributed by atoms with E-state index in [1.807, 2.05) is 63.2 Å². The monoisotopic (exact) mass is 432 g/mol. The molecule has 2 aromatic carbocycles. The van der Waals surface area contributed by atoms with Gasteiger partial charge in [-0.3, -0.25) is 9.59 Å². The third-order valence-electron chi connectivity index (χ3n) is 4.24. The minimum Gasteiger partial charge on any atom is -0.321 e. The Labute approximate surface area is 169 Å². The highest BCUT2D eigenvalue weighted by Crippen LogP contribution is 2.23. The van der Waals surface area contributed by atoms with Crippen LogP contribution in [-0.2, 0) is 9.59 Å². The van der Waals surface area contributed by atoms with Crippen molar-refractivity contribution in [1.29, 1.82) is 0 Å². The number of para-hydroxylation sites is 1. The Hall–Kier alpha value is -2.18. The number of carbonyl (C=O) groups is 2. The summed E-state index contributed by atoms with van der Waals surface area (Å²) in [6, 6.07) is 13.5. The fourth-order valence-electron chi connectivity index (χ4n) is 2.87. The van der Waals surface area contributed by atoms with Crippen molar-refractivity contribution in [3.8, 4) is 0 Å². The van der Waals surface area contributed by atoms with E-state index in [-0.39, 0.29) is 24.9 Å². The van der Waals surface area contributed by atoms with Gasteiger partial charge < -0.3 is 15.5 Å². The molecule has 27 heavy (non-hydrogen) atoms. The number of halogens is 1. The second kappa shape index (κ2) is 10.2. The number of benzene rings is 2. The molecule has 0 saturated heterocycles. The molecule has 0 radical (unpaired) electrons. The lowest BCUT2D eigenvalue weighted by Crippen LogP contribution is -3.14. The van der Waals surface area contributed by atoms with E-state index in [0.29, 0.717) is 0 Å². The average Bonchev–Trinajstić information content (AvgIpc) is 2.59. The maximum absolute atomic E-state index is 12.4. The molecule has 3 N–H and O–H groups in total. The summed E-state index contributed by atoms with van der Waals surface area (Å²) >= 11 is 3.47. The number of hydrogen-bond acceptors (Lipinski definition) is 2. The Balaban J connectivity index is 1.94. The summed E-state index contributed by atoms with van der Waals surface area (Å²) in [7, 11) is 0. The molecule has 0 spiro atoms. The topological polar surface area (TPSA) is 62.6 Å². The van der Waals surface area contributed by atoms with E-state index in [2.05, 4.69) is 26.6 Å². The van der Waals surface area contributed by atoms with Gasteiger partial charge in [0.1, 0.15) is 0 Å². The number of nitrogens with one attached hydrogen (secondary N) is 3. The van der Waals surface area contributed by atoms with Crippen LogP contribution >= 0.6 is 15.9 Å². The van der Waals surface area contributed by atoms with Crippen LogP contribution in [-0.4, -0.2) is 31.4 Å². The van der Waals surface area contributed by atoms with Gasteiger partial charge in [0.15, 0.2) is 13.1 Å². The van der Waals surface area contributed by atoms with Gasteiger partial charge in [-0.15, -0.1) is 0 Å². The Kier molecular flexibility index (Phi) is 8.00. The first-order chi connectivity index (χ1) is 12.9. The highest BCUT2D eigenvalue weighted by atomic mass is 79.9. The molecule has 0 aliphatic heterocycles. The van der Waals surface area contributed by atoms with Crippen LogP contribution in [0.15, 0.2) is 46.9 Å². The number of quaternary nitrogens is 1. The van der Waals surface area contributed by atoms with Gasteiger partial charge in [0.05, 0.1) is 12.2 Å². The molecule has 0 saturated carbocycles. The zero-order valence-electron chi connectivity index (χ0n) is 16.1. The molecule has 0 fully saturated rings. The normalized spacial score (nSPS) is 11.7. The summed E-state index contributed by atoms with van der Waals surface area (Å²) in [6.45, 7) is 7.26. The van der Waals surface area contributed by atoms with Crippen LogP contribution in [0, 0.1) is 13.8 Å². The molecule has 0 bridgehead atoms. The predicted molar refractivity (Wildman–Crippen MR) is 113 cm³/mol. The van der Waals surface area contributed by atoms with E-state index >= 15 is 0 Å². The number of amides is 2. The SMILES string of the molecule is CCC[NH+](CC(=O)Nc1ccccc1C)CC(=O)Nc1ccc(C)cc1Br. The molecule has 5 nitrogen and oxygen atoms in total. The number of anilines is 2. The highest BCUT2D eigenvalue weighted by molar-refractivity contribution is 9.10. The Bertz CT molecular complexity index is 808. The lowest BCUT2D eigenvalue weighted by atomic mass is 10.2. The minimum atomic E-state index is -0.105. The number of aryl methyl sites for hydroxylation is 2. The van der Waals surface area contributed by atoms with E-state index in [1.54, 1.807) is 0 Å². The average molecular weight is 433 g/mol. The predicted octanol–water partition coefficient (Wildman–Crippen LogP) is 2.94. The Morgan fingerprint density at radius 1 is 0.963 bits per heavy atom. The summed E-state index contributed by atoms with van der Waals surface area (Å²) in [5, 5.41) is 5.86. The molecule has 0 aromatic heterocycles. The second-order valence-electron chi connectivity index (χ2n) is 6.75. The van der Waals surface area contributed by atoms with Crippen molar-refractivity contribution in [3.63, 3.8) is 0 Å². The molecule has 1 atom stereocenters. The number of hydrogen-bond donors (Lipinski definition) is 3. The van der Waals surface area contributed by atoms with Crippen LogP contribution in [0.1, 0.15) is 24.5 Å². The molecule has 0 heterocycles. The maximum atomic E-state index is 12.4. The third kappa shape index (κ3) is 6.81. The second-order valence-corrected chi connectivity index (χ2v) is 7.60. The maximum Gasteiger partial charge on any atom is 0.279 e. The molecular weight excluding hydrogens is 406 g/mol. The van der Waals surface area contributed by atoms with Crippen LogP contribution in [0.2, 0.25) is 0 Å². The largest absolute Gasteiger partial charge is 0.321 e. The summed E-state index contributed by atoms with van der Waals surface area (Å²) < 4.78 is 0.852. The standard InChI is InChI=1S/C21H26BrN3O2/c1-4-11-25(13-20(26)23-18-8-6-5-7-16(18)3)14-21(27)24-19-10-9-15(2)12-17(19)22/h5-10,12H,4,11,13-14H2,1-3H3,(H,23,26)(H,24,27)/p+1. The first-order valence-corrected chi connectivity index (χ1v) is 9.93. The number of carbonyl (C=O) groups excluding carboxylic acids is 2. The van der Waals surface area contributed by atoms with Crippen molar-refractivity contribution < 1.29 is 14.5 Å². The van der Waals surface area contributed by atoms with Crippen molar-refractivity contribution in [1.82, 2.24) is 0 Å². The lowest BCUT2D eigenvalue weighted by Gasteiger charge is -2.19. The van der Waals surface area contributed by atoms with Gasteiger partial charge in [-0.2, -0.15) is 0 Å². The summed E-state index contributed by atoms with van der Waals surface area (Å²) in [5.74, 6) is -0.191. The van der Waals surface area contributed by atoms with Gasteiger partial charge in [0.25, 0.3) is 11.8 Å². The first-order valence-electron chi connectivity index (χ1n) is 9.14. The lowest BCUT2D eigenvalue weighted by molar-refractivity contribution is -0.883. The zero-order chi connectivity index (χ0) is 19.8. The van der Waals surface area contributed by atoms with Gasteiger partial charge in [0, 0.05) is 10.2 Å². The van der Waals surface area contributed by atoms with Gasteiger partial charge in [-0.05, 0) is 65.5 Å². The zero-order valence-corrected chi connectivity index (χ0v) is 17.7. The minimum absolute atomic E-state index is 0.0860. The van der Waals surface area contributed by atoms with Gasteiger partial charge in [-0.1, -0.05) is 31.2 Å². The van der Waals surface area contributed by atoms with Crippen molar-refractivity contribution in [2.45, 2.75) is 27.2 Å².